The molecule has 0 aliphatic rings. The van der Waals surface area contributed by atoms with Crippen LogP contribution < -0.4 is 10.8 Å². The van der Waals surface area contributed by atoms with E-state index < -0.39 is 71.5 Å². The zero-order valence-electron chi connectivity index (χ0n) is 20.2. The minimum atomic E-state index is -8.66. The molecule has 0 saturated carbocycles. The molecule has 0 aromatic rings. The Morgan fingerprint density at radius 1 is 0.700 bits per heavy atom. The molecule has 0 atom stereocenters. The molecular weight excluding hydrogens is 633 g/mol. The van der Waals surface area contributed by atoms with Crippen LogP contribution in [0.3, 0.4) is 0 Å². The number of nitrogens with two attached hydrogens (primary N) is 1. The van der Waals surface area contributed by atoms with Crippen molar-refractivity contribution >= 4 is 23.7 Å². The van der Waals surface area contributed by atoms with E-state index >= 15 is 0 Å². The molecule has 0 amide bonds. The molecule has 0 rings (SSSR count). The van der Waals surface area contributed by atoms with Crippen LogP contribution in [0, 0.1) is 0 Å². The standard InChI is InChI=1S/C12H7F17O2S.C5H13N3/c13-5(14,1-2-32-3-4(30)31)6(15,16)7(17,18)8(19,20)9(21,22)10(23,24)11(25,26)12(27,28)29;1-7(2)5(6)8(3)4/h1-3H2,(H,30,31);6H,1-4H3. The molecule has 0 unspecified atom stereocenters. The topological polar surface area (TPSA) is 72.4 Å². The lowest BCUT2D eigenvalue weighted by atomic mass is 9.88. The largest absolute Gasteiger partial charge is 0.549 e. The molecule has 240 valence electrons. The summed E-state index contributed by atoms with van der Waals surface area (Å²) in [4.78, 5) is 11.8. The molecule has 0 aromatic carbocycles. The molecule has 0 fully saturated rings. The Morgan fingerprint density at radius 3 is 1.27 bits per heavy atom. The third kappa shape index (κ3) is 7.39. The van der Waals surface area contributed by atoms with Gasteiger partial charge in [0.1, 0.15) is 0 Å². The van der Waals surface area contributed by atoms with Gasteiger partial charge in [-0.3, -0.25) is 15.2 Å². The molecule has 2 N–H and O–H groups in total. The quantitative estimate of drug-likeness (QED) is 0.120. The number of carboxylic acids is 1. The summed E-state index contributed by atoms with van der Waals surface area (Å²) in [6, 6.07) is 0. The van der Waals surface area contributed by atoms with Crippen LogP contribution in [0.25, 0.3) is 0 Å². The Hall–Kier alpha value is -2.10. The van der Waals surface area contributed by atoms with Gasteiger partial charge in [0.05, 0.1) is 34.2 Å². The van der Waals surface area contributed by atoms with E-state index in [0.717, 1.165) is 5.96 Å². The molecule has 0 radical (unpaired) electrons. The van der Waals surface area contributed by atoms with Crippen molar-refractivity contribution in [2.75, 3.05) is 39.7 Å². The zero-order valence-corrected chi connectivity index (χ0v) is 21.1. The third-order valence-corrected chi connectivity index (χ3v) is 5.42. The average Bonchev–Trinajstić information content (AvgIpc) is 2.74. The molecule has 0 bridgehead atoms. The maximum atomic E-state index is 13.4. The highest BCUT2D eigenvalue weighted by molar-refractivity contribution is 7.99. The lowest BCUT2D eigenvalue weighted by Crippen LogP contribution is -2.74. The number of aliphatic carboxylic acids is 1. The van der Waals surface area contributed by atoms with Gasteiger partial charge >= 0.3 is 53.6 Å². The second-order valence-corrected chi connectivity index (χ2v) is 9.08. The molecule has 0 aliphatic heterocycles. The van der Waals surface area contributed by atoms with E-state index in [1.165, 1.54) is 0 Å². The van der Waals surface area contributed by atoms with E-state index in [9.17, 15) is 84.5 Å². The third-order valence-electron chi connectivity index (χ3n) is 4.48. The van der Waals surface area contributed by atoms with Gasteiger partial charge in [0.2, 0.25) is 0 Å². The van der Waals surface area contributed by atoms with Crippen LogP contribution in [-0.4, -0.2) is 109 Å². The van der Waals surface area contributed by atoms with Crippen LogP contribution in [0.4, 0.5) is 74.6 Å². The van der Waals surface area contributed by atoms with Crippen LogP contribution in [0.1, 0.15) is 6.42 Å². The number of carbonyl (C=O) groups excluding carboxylic acids is 1. The van der Waals surface area contributed by atoms with E-state index in [1.54, 1.807) is 0 Å². The van der Waals surface area contributed by atoms with Gasteiger partial charge in [0.15, 0.2) is 0 Å². The highest BCUT2D eigenvalue weighted by Crippen LogP contribution is 2.64. The van der Waals surface area contributed by atoms with E-state index in [2.05, 4.69) is 0 Å². The van der Waals surface area contributed by atoms with Gasteiger partial charge in [-0.15, -0.1) is 0 Å². The molecule has 23 heteroatoms. The van der Waals surface area contributed by atoms with Crippen molar-refractivity contribution in [2.45, 2.75) is 54.1 Å². The van der Waals surface area contributed by atoms with Gasteiger partial charge < -0.3 is 9.90 Å². The highest BCUT2D eigenvalue weighted by atomic mass is 32.2. The van der Waals surface area contributed by atoms with E-state index in [-0.39, 0.29) is 11.8 Å². The van der Waals surface area contributed by atoms with Gasteiger partial charge in [-0.25, -0.2) is 0 Å². The summed E-state index contributed by atoms with van der Waals surface area (Å²) < 4.78 is 222. The van der Waals surface area contributed by atoms with Gasteiger partial charge in [-0.2, -0.15) is 86.4 Å². The van der Waals surface area contributed by atoms with Crippen molar-refractivity contribution in [1.82, 2.24) is 4.90 Å². The predicted octanol–water partition coefficient (Wildman–Crippen LogP) is 4.00. The lowest BCUT2D eigenvalue weighted by molar-refractivity contribution is -0.470. The number of nitrogens with zero attached hydrogens (tertiary/aromatic N) is 2. The summed E-state index contributed by atoms with van der Waals surface area (Å²) in [7, 11) is 7.65. The van der Waals surface area contributed by atoms with Crippen molar-refractivity contribution in [1.29, 1.82) is 0 Å². The smallest absolute Gasteiger partial charge is 0.460 e. The molecule has 0 saturated heterocycles. The summed E-state index contributed by atoms with van der Waals surface area (Å²) in [5.74, 6) is -60.6. The maximum absolute atomic E-state index is 13.4. The van der Waals surface area contributed by atoms with Crippen molar-refractivity contribution in [3.63, 3.8) is 0 Å². The summed E-state index contributed by atoms with van der Waals surface area (Å²) in [5, 5.41) is 9.98. The molecule has 0 aromatic heterocycles. The summed E-state index contributed by atoms with van der Waals surface area (Å²) in [5.41, 5.74) is 5.53. The summed E-state index contributed by atoms with van der Waals surface area (Å²) in [6.07, 6.45) is -10.5. The fourth-order valence-corrected chi connectivity index (χ4v) is 2.82. The monoisotopic (exact) mass is 653 g/mol. The second kappa shape index (κ2) is 12.4. The van der Waals surface area contributed by atoms with Gasteiger partial charge in [-0.1, -0.05) is 0 Å². The summed E-state index contributed by atoms with van der Waals surface area (Å²) in [6.45, 7) is 0. The van der Waals surface area contributed by atoms with Crippen LogP contribution >= 0.6 is 11.8 Å². The number of rotatable bonds is 11. The van der Waals surface area contributed by atoms with Crippen LogP contribution in [0.5, 0.6) is 0 Å². The molecule has 0 heterocycles. The fraction of sp³-hybridized carbons (Fsp3) is 0.882. The van der Waals surface area contributed by atoms with Gasteiger partial charge in [0.25, 0.3) is 0 Å². The van der Waals surface area contributed by atoms with Crippen molar-refractivity contribution < 1.29 is 89.1 Å². The number of hydrogen-bond acceptors (Lipinski definition) is 3. The Kier molecular flexibility index (Phi) is 12.4. The van der Waals surface area contributed by atoms with Crippen molar-refractivity contribution in [2.24, 2.45) is 5.73 Å². The Morgan fingerprint density at radius 2 is 1.02 bits per heavy atom. The normalized spacial score (nSPS) is 14.3. The minimum Gasteiger partial charge on any atom is -0.549 e. The summed E-state index contributed by atoms with van der Waals surface area (Å²) >= 11 is -0.262. The Balaban J connectivity index is 0. The number of carboxylic acid groups (broad SMARTS) is 1. The number of carbonyl (C=O) groups is 1. The van der Waals surface area contributed by atoms with Crippen molar-refractivity contribution in [3.05, 3.63) is 0 Å². The first-order valence-electron chi connectivity index (χ1n) is 9.68. The predicted molar refractivity (Wildman–Crippen MR) is 103 cm³/mol. The van der Waals surface area contributed by atoms with E-state index in [0.29, 0.717) is 0 Å². The molecule has 5 nitrogen and oxygen atoms in total. The Labute approximate surface area is 218 Å². The fourth-order valence-electron chi connectivity index (χ4n) is 2.11. The minimum absolute atomic E-state index is 0.262. The second-order valence-electron chi connectivity index (χ2n) is 7.97. The van der Waals surface area contributed by atoms with Crippen LogP contribution in [0.2, 0.25) is 0 Å². The maximum Gasteiger partial charge on any atom is 0.460 e. The molecule has 0 aliphatic carbocycles. The first-order valence-corrected chi connectivity index (χ1v) is 10.8. The van der Waals surface area contributed by atoms with E-state index in [4.69, 9.17) is 5.73 Å². The number of halogens is 17. The first kappa shape index (κ1) is 40.0. The molecular formula is C17H20F17N3O2S. The number of guanidine groups is 1. The first-order chi connectivity index (χ1) is 17.2. The van der Waals surface area contributed by atoms with Crippen molar-refractivity contribution in [3.8, 4) is 0 Å². The van der Waals surface area contributed by atoms with Crippen LogP contribution in [-0.2, 0) is 4.79 Å². The Bertz CT molecular complexity index is 900. The number of alkyl halides is 17. The lowest BCUT2D eigenvalue weighted by Gasteiger charge is -2.42. The number of thioether (sulfide) groups is 1. The number of hydrogen-bond donors (Lipinski definition) is 1. The molecule has 40 heavy (non-hydrogen) atoms. The average molecular weight is 653 g/mol. The zero-order chi connectivity index (χ0) is 33.1. The van der Waals surface area contributed by atoms with E-state index in [1.807, 2.05) is 37.7 Å². The molecule has 0 spiro atoms. The highest BCUT2D eigenvalue weighted by Gasteiger charge is 2.95. The van der Waals surface area contributed by atoms with Crippen LogP contribution in [0.15, 0.2) is 0 Å². The SMILES string of the molecule is CN(C)C(N)=[N+](C)C.O=C([O-])CSCCC(F)(F)C(F)(F)C(F)(F)C(F)(F)C(F)(F)C(F)(F)C(F)(F)C(F)(F)F. The van der Waals surface area contributed by atoms with Gasteiger partial charge in [0, 0.05) is 12.2 Å². The van der Waals surface area contributed by atoms with Gasteiger partial charge in [-0.05, 0) is 5.75 Å².